The molecule has 1 unspecified atom stereocenters. The van der Waals surface area contributed by atoms with E-state index in [1.165, 1.54) is 22.1 Å². The van der Waals surface area contributed by atoms with Crippen molar-refractivity contribution in [3.05, 3.63) is 75.4 Å². The van der Waals surface area contributed by atoms with Gasteiger partial charge in [-0.3, -0.25) is 9.59 Å². The Balaban J connectivity index is 1.74. The smallest absolute Gasteiger partial charge is 0.267 e. The van der Waals surface area contributed by atoms with Gasteiger partial charge in [0.25, 0.3) is 11.5 Å². The van der Waals surface area contributed by atoms with Crippen molar-refractivity contribution >= 4 is 17.2 Å². The maximum absolute atomic E-state index is 13.2. The third-order valence-electron chi connectivity index (χ3n) is 3.70. The van der Waals surface area contributed by atoms with Gasteiger partial charge in [-0.15, -0.1) is 11.3 Å². The van der Waals surface area contributed by atoms with E-state index in [-0.39, 0.29) is 17.7 Å². The lowest BCUT2D eigenvalue weighted by molar-refractivity contribution is 0.0946. The minimum atomic E-state index is -0.829. The fraction of sp³-hybridized carbons (Fsp3) is 0.167. The number of thiophene rings is 1. The zero-order valence-corrected chi connectivity index (χ0v) is 14.6. The van der Waals surface area contributed by atoms with Crippen LogP contribution in [0.1, 0.15) is 23.3 Å². The maximum atomic E-state index is 13.2. The lowest BCUT2D eigenvalue weighted by Gasteiger charge is -2.15. The Hall–Kier alpha value is -2.87. The van der Waals surface area contributed by atoms with E-state index in [0.29, 0.717) is 11.8 Å². The summed E-state index contributed by atoms with van der Waals surface area (Å²) in [5.41, 5.74) is 0.233. The van der Waals surface area contributed by atoms with Crippen LogP contribution in [0.4, 0.5) is 8.78 Å². The van der Waals surface area contributed by atoms with Crippen LogP contribution in [-0.4, -0.2) is 22.2 Å². The van der Waals surface area contributed by atoms with E-state index < -0.39 is 23.6 Å². The van der Waals surface area contributed by atoms with Gasteiger partial charge in [-0.2, -0.15) is 5.10 Å². The lowest BCUT2D eigenvalue weighted by atomic mass is 10.2. The monoisotopic (exact) mass is 375 g/mol. The number of nitrogens with zero attached hydrogens (tertiary/aromatic N) is 2. The summed E-state index contributed by atoms with van der Waals surface area (Å²) in [5, 5.41) is 8.81. The second-order valence-electron chi connectivity index (χ2n) is 5.70. The molecule has 2 aromatic heterocycles. The molecule has 0 saturated heterocycles. The molecule has 0 fully saturated rings. The number of nitrogens with one attached hydrogen (secondary N) is 1. The van der Waals surface area contributed by atoms with Gasteiger partial charge in [-0.25, -0.2) is 13.5 Å². The first-order valence-corrected chi connectivity index (χ1v) is 8.70. The molecular formula is C18H15F2N3O2S. The summed E-state index contributed by atoms with van der Waals surface area (Å²) in [6.45, 7) is 1.80. The van der Waals surface area contributed by atoms with E-state index in [1.54, 1.807) is 13.0 Å². The average Bonchev–Trinajstić information content (AvgIpc) is 3.13. The summed E-state index contributed by atoms with van der Waals surface area (Å²) in [5.74, 6) is -2.29. The largest absolute Gasteiger partial charge is 0.350 e. The first-order valence-electron chi connectivity index (χ1n) is 7.82. The Morgan fingerprint density at radius 2 is 1.96 bits per heavy atom. The van der Waals surface area contributed by atoms with Crippen LogP contribution in [0.15, 0.2) is 52.6 Å². The molecule has 1 atom stereocenters. The van der Waals surface area contributed by atoms with Crippen molar-refractivity contribution in [2.75, 3.05) is 6.54 Å². The quantitative estimate of drug-likeness (QED) is 0.745. The minimum absolute atomic E-state index is 0.0811. The van der Waals surface area contributed by atoms with E-state index in [1.807, 2.05) is 17.5 Å². The van der Waals surface area contributed by atoms with Crippen molar-refractivity contribution in [3.8, 4) is 10.6 Å². The third-order valence-corrected chi connectivity index (χ3v) is 4.59. The van der Waals surface area contributed by atoms with Crippen molar-refractivity contribution in [1.82, 2.24) is 15.1 Å². The van der Waals surface area contributed by atoms with E-state index in [0.717, 1.165) is 17.0 Å². The molecule has 1 amide bonds. The molecule has 5 nitrogen and oxygen atoms in total. The summed E-state index contributed by atoms with van der Waals surface area (Å²) >= 11 is 1.50. The molecule has 0 saturated carbocycles. The maximum Gasteiger partial charge on any atom is 0.267 e. The van der Waals surface area contributed by atoms with Crippen LogP contribution in [-0.2, 0) is 0 Å². The fourth-order valence-corrected chi connectivity index (χ4v) is 3.10. The van der Waals surface area contributed by atoms with Gasteiger partial charge in [0, 0.05) is 24.2 Å². The molecule has 3 aromatic rings. The van der Waals surface area contributed by atoms with Crippen molar-refractivity contribution in [2.45, 2.75) is 13.0 Å². The van der Waals surface area contributed by atoms with Crippen LogP contribution in [0.25, 0.3) is 10.6 Å². The van der Waals surface area contributed by atoms with Gasteiger partial charge in [-0.05, 0) is 36.6 Å². The van der Waals surface area contributed by atoms with Gasteiger partial charge >= 0.3 is 0 Å². The van der Waals surface area contributed by atoms with E-state index in [4.69, 9.17) is 0 Å². The Kier molecular flexibility index (Phi) is 5.22. The molecule has 0 spiro atoms. The molecule has 1 aromatic carbocycles. The minimum Gasteiger partial charge on any atom is -0.350 e. The zero-order valence-electron chi connectivity index (χ0n) is 13.8. The number of rotatable bonds is 5. The van der Waals surface area contributed by atoms with Gasteiger partial charge in [0.15, 0.2) is 0 Å². The Bertz CT molecular complexity index is 966. The highest BCUT2D eigenvalue weighted by Gasteiger charge is 2.14. The SMILES string of the molecule is CC(CNC(=O)c1cc(F)cc(F)c1)n1nc(-c2cccs2)ccc1=O. The van der Waals surface area contributed by atoms with Crippen molar-refractivity contribution in [2.24, 2.45) is 0 Å². The summed E-state index contributed by atoms with van der Waals surface area (Å²) < 4.78 is 27.7. The highest BCUT2D eigenvalue weighted by molar-refractivity contribution is 7.13. The predicted octanol–water partition coefficient (Wildman–Crippen LogP) is 3.24. The summed E-state index contributed by atoms with van der Waals surface area (Å²) in [6, 6.07) is 9.00. The van der Waals surface area contributed by atoms with Crippen LogP contribution in [0, 0.1) is 11.6 Å². The van der Waals surface area contributed by atoms with Gasteiger partial charge < -0.3 is 5.32 Å². The number of hydrogen-bond donors (Lipinski definition) is 1. The van der Waals surface area contributed by atoms with E-state index in [9.17, 15) is 18.4 Å². The molecule has 0 aliphatic carbocycles. The lowest BCUT2D eigenvalue weighted by Crippen LogP contribution is -2.35. The number of halogens is 2. The molecule has 2 heterocycles. The second-order valence-corrected chi connectivity index (χ2v) is 6.64. The van der Waals surface area contributed by atoms with E-state index in [2.05, 4.69) is 10.4 Å². The molecular weight excluding hydrogens is 360 g/mol. The van der Waals surface area contributed by atoms with Gasteiger partial charge in [0.05, 0.1) is 10.9 Å². The first-order chi connectivity index (χ1) is 12.4. The second kappa shape index (κ2) is 7.57. The molecule has 0 bridgehead atoms. The normalized spacial score (nSPS) is 12.0. The van der Waals surface area contributed by atoms with Crippen LogP contribution in [0.3, 0.4) is 0 Å². The number of benzene rings is 1. The molecule has 26 heavy (non-hydrogen) atoms. The summed E-state index contributed by atoms with van der Waals surface area (Å²) in [4.78, 5) is 25.1. The van der Waals surface area contributed by atoms with Crippen LogP contribution in [0.5, 0.6) is 0 Å². The number of carbonyl (C=O) groups excluding carboxylic acids is 1. The van der Waals surface area contributed by atoms with Crippen LogP contribution >= 0.6 is 11.3 Å². The molecule has 1 N–H and O–H groups in total. The average molecular weight is 375 g/mol. The van der Waals surface area contributed by atoms with Crippen molar-refractivity contribution in [1.29, 1.82) is 0 Å². The molecule has 0 aliphatic rings. The standard InChI is InChI=1S/C18H15F2N3O2S/c1-11(10-21-18(25)12-7-13(19)9-14(20)8-12)23-17(24)5-4-15(22-23)16-3-2-6-26-16/h2-9,11H,10H2,1H3,(H,21,25). The highest BCUT2D eigenvalue weighted by atomic mass is 32.1. The summed E-state index contributed by atoms with van der Waals surface area (Å²) in [6.07, 6.45) is 0. The van der Waals surface area contributed by atoms with Crippen LogP contribution < -0.4 is 10.9 Å². The molecule has 0 aliphatic heterocycles. The first kappa shape index (κ1) is 17.9. The summed E-state index contributed by atoms with van der Waals surface area (Å²) in [7, 11) is 0. The molecule has 0 radical (unpaired) electrons. The van der Waals surface area contributed by atoms with Gasteiger partial charge in [0.1, 0.15) is 17.3 Å². The van der Waals surface area contributed by atoms with Crippen molar-refractivity contribution in [3.63, 3.8) is 0 Å². The highest BCUT2D eigenvalue weighted by Crippen LogP contribution is 2.21. The molecule has 134 valence electrons. The Labute approximate surface area is 151 Å². The van der Waals surface area contributed by atoms with Gasteiger partial charge in [0.2, 0.25) is 0 Å². The predicted molar refractivity (Wildman–Crippen MR) is 95.2 cm³/mol. The van der Waals surface area contributed by atoms with Gasteiger partial charge in [-0.1, -0.05) is 6.07 Å². The number of hydrogen-bond acceptors (Lipinski definition) is 4. The Morgan fingerprint density at radius 3 is 2.62 bits per heavy atom. The van der Waals surface area contributed by atoms with Crippen LogP contribution in [0.2, 0.25) is 0 Å². The third kappa shape index (κ3) is 4.02. The zero-order chi connectivity index (χ0) is 18.7. The number of carbonyl (C=O) groups is 1. The molecule has 8 heteroatoms. The molecule has 3 rings (SSSR count). The Morgan fingerprint density at radius 1 is 1.23 bits per heavy atom. The topological polar surface area (TPSA) is 64.0 Å². The number of amides is 1. The van der Waals surface area contributed by atoms with Crippen molar-refractivity contribution < 1.29 is 13.6 Å². The van der Waals surface area contributed by atoms with E-state index >= 15 is 0 Å². The fourth-order valence-electron chi connectivity index (χ4n) is 2.41. The number of aromatic nitrogens is 2.